The molecule has 4 rings (SSSR count). The highest BCUT2D eigenvalue weighted by atomic mass is 19.4. The first-order valence-corrected chi connectivity index (χ1v) is 10.8. The molecule has 162 valence electrons. The van der Waals surface area contributed by atoms with E-state index >= 15 is 0 Å². The van der Waals surface area contributed by atoms with E-state index in [1.807, 2.05) is 0 Å². The molecule has 2 aliphatic heterocycles. The summed E-state index contributed by atoms with van der Waals surface area (Å²) in [5, 5.41) is 0. The lowest BCUT2D eigenvalue weighted by Crippen LogP contribution is -2.54. The number of likely N-dealkylation sites (tertiary alicyclic amines) is 1. The number of para-hydroxylation sites is 1. The lowest BCUT2D eigenvalue weighted by atomic mass is 9.97. The molecule has 0 amide bonds. The lowest BCUT2D eigenvalue weighted by Gasteiger charge is -2.45. The van der Waals surface area contributed by atoms with Gasteiger partial charge in [0.1, 0.15) is 6.04 Å². The molecular formula is C24H30F3N3. The minimum atomic E-state index is -4.26. The zero-order valence-corrected chi connectivity index (χ0v) is 17.5. The van der Waals surface area contributed by atoms with Gasteiger partial charge < -0.3 is 4.90 Å². The molecule has 2 saturated heterocycles. The maximum absolute atomic E-state index is 13.8. The molecule has 6 heteroatoms. The van der Waals surface area contributed by atoms with Crippen molar-refractivity contribution < 1.29 is 13.2 Å². The first-order chi connectivity index (χ1) is 14.4. The number of benzene rings is 2. The van der Waals surface area contributed by atoms with Crippen LogP contribution in [0.4, 0.5) is 18.9 Å². The predicted octanol–water partition coefficient (Wildman–Crippen LogP) is 4.89. The molecule has 2 aliphatic rings. The molecule has 2 aromatic rings. The van der Waals surface area contributed by atoms with Crippen LogP contribution in [-0.4, -0.2) is 61.3 Å². The molecule has 2 fully saturated rings. The molecule has 0 saturated carbocycles. The third-order valence-corrected chi connectivity index (χ3v) is 6.58. The van der Waals surface area contributed by atoms with Gasteiger partial charge in [-0.05, 0) is 37.0 Å². The van der Waals surface area contributed by atoms with E-state index in [0.29, 0.717) is 24.7 Å². The quantitative estimate of drug-likeness (QED) is 0.702. The first kappa shape index (κ1) is 21.2. The SMILES string of the molecule is Cc1ccccc1N1CCN(C2CCN(C(c3ccccc3)C(F)(F)F)CC2)CC1. The molecule has 2 aromatic carbocycles. The molecule has 0 spiro atoms. The average molecular weight is 418 g/mol. The third kappa shape index (κ3) is 4.65. The van der Waals surface area contributed by atoms with E-state index in [9.17, 15) is 13.2 Å². The van der Waals surface area contributed by atoms with Gasteiger partial charge in [0.25, 0.3) is 0 Å². The van der Waals surface area contributed by atoms with Gasteiger partial charge in [-0.3, -0.25) is 9.80 Å². The van der Waals surface area contributed by atoms with Crippen LogP contribution in [0, 0.1) is 6.92 Å². The maximum atomic E-state index is 13.8. The second-order valence-corrected chi connectivity index (χ2v) is 8.43. The summed E-state index contributed by atoms with van der Waals surface area (Å²) in [5.41, 5.74) is 2.93. The highest BCUT2D eigenvalue weighted by Crippen LogP contribution is 2.39. The Kier molecular flexibility index (Phi) is 6.34. The standard InChI is InChI=1S/C24H30F3N3/c1-19-7-5-6-10-22(19)29-17-15-28(16-18-29)21-11-13-30(14-12-21)23(24(25,26)27)20-8-3-2-4-9-20/h2-10,21,23H,11-18H2,1H3. The Morgan fingerprint density at radius 3 is 2.00 bits per heavy atom. The molecule has 0 bridgehead atoms. The van der Waals surface area contributed by atoms with Crippen LogP contribution in [0.2, 0.25) is 0 Å². The van der Waals surface area contributed by atoms with Crippen LogP contribution in [0.15, 0.2) is 54.6 Å². The number of aryl methyl sites for hydroxylation is 1. The maximum Gasteiger partial charge on any atom is 0.408 e. The van der Waals surface area contributed by atoms with Crippen molar-refractivity contribution in [3.05, 3.63) is 65.7 Å². The highest BCUT2D eigenvalue weighted by Gasteiger charge is 2.45. The van der Waals surface area contributed by atoms with Crippen molar-refractivity contribution in [2.24, 2.45) is 0 Å². The number of piperidine rings is 1. The summed E-state index contributed by atoms with van der Waals surface area (Å²) in [6, 6.07) is 15.7. The molecule has 30 heavy (non-hydrogen) atoms. The van der Waals surface area contributed by atoms with Gasteiger partial charge in [0.2, 0.25) is 0 Å². The van der Waals surface area contributed by atoms with Crippen LogP contribution >= 0.6 is 0 Å². The van der Waals surface area contributed by atoms with Crippen molar-refractivity contribution in [1.82, 2.24) is 9.80 Å². The number of halogens is 3. The van der Waals surface area contributed by atoms with E-state index in [1.54, 1.807) is 35.2 Å². The topological polar surface area (TPSA) is 9.72 Å². The molecule has 0 N–H and O–H groups in total. The van der Waals surface area contributed by atoms with E-state index in [1.165, 1.54) is 11.3 Å². The molecule has 0 radical (unpaired) electrons. The fraction of sp³-hybridized carbons (Fsp3) is 0.500. The first-order valence-electron chi connectivity index (χ1n) is 10.8. The smallest absolute Gasteiger partial charge is 0.369 e. The average Bonchev–Trinajstić information content (AvgIpc) is 2.75. The third-order valence-electron chi connectivity index (χ3n) is 6.58. The van der Waals surface area contributed by atoms with Gasteiger partial charge in [0, 0.05) is 51.0 Å². The molecule has 1 unspecified atom stereocenters. The van der Waals surface area contributed by atoms with Gasteiger partial charge in [-0.1, -0.05) is 48.5 Å². The molecule has 0 aromatic heterocycles. The van der Waals surface area contributed by atoms with Crippen LogP contribution in [0.5, 0.6) is 0 Å². The van der Waals surface area contributed by atoms with E-state index in [0.717, 1.165) is 39.0 Å². The Morgan fingerprint density at radius 1 is 0.800 bits per heavy atom. The van der Waals surface area contributed by atoms with Gasteiger partial charge in [-0.25, -0.2) is 0 Å². The summed E-state index contributed by atoms with van der Waals surface area (Å²) in [6.07, 6.45) is -2.67. The number of nitrogens with zero attached hydrogens (tertiary/aromatic N) is 3. The fourth-order valence-electron chi connectivity index (χ4n) is 5.00. The number of anilines is 1. The predicted molar refractivity (Wildman–Crippen MR) is 115 cm³/mol. The normalized spacial score (nSPS) is 21.0. The van der Waals surface area contributed by atoms with E-state index in [4.69, 9.17) is 0 Å². The van der Waals surface area contributed by atoms with Crippen molar-refractivity contribution in [3.8, 4) is 0 Å². The van der Waals surface area contributed by atoms with Gasteiger partial charge in [-0.2, -0.15) is 13.2 Å². The fourth-order valence-corrected chi connectivity index (χ4v) is 5.00. The minimum absolute atomic E-state index is 0.343. The molecule has 1 atom stereocenters. The Balaban J connectivity index is 1.34. The van der Waals surface area contributed by atoms with Crippen LogP contribution in [0.1, 0.15) is 30.0 Å². The Hall–Kier alpha value is -2.05. The monoisotopic (exact) mass is 417 g/mol. The molecule has 0 aliphatic carbocycles. The summed E-state index contributed by atoms with van der Waals surface area (Å²) in [4.78, 5) is 6.53. The van der Waals surface area contributed by atoms with E-state index in [2.05, 4.69) is 41.0 Å². The summed E-state index contributed by atoms with van der Waals surface area (Å²) >= 11 is 0. The Bertz CT molecular complexity index is 808. The van der Waals surface area contributed by atoms with Crippen molar-refractivity contribution in [2.45, 2.75) is 38.0 Å². The Morgan fingerprint density at radius 2 is 1.40 bits per heavy atom. The van der Waals surface area contributed by atoms with Crippen LogP contribution in [-0.2, 0) is 0 Å². The van der Waals surface area contributed by atoms with Crippen molar-refractivity contribution in [2.75, 3.05) is 44.2 Å². The zero-order valence-electron chi connectivity index (χ0n) is 17.5. The molecule has 2 heterocycles. The van der Waals surface area contributed by atoms with Crippen molar-refractivity contribution in [1.29, 1.82) is 0 Å². The van der Waals surface area contributed by atoms with Crippen LogP contribution < -0.4 is 4.90 Å². The second-order valence-electron chi connectivity index (χ2n) is 8.43. The number of hydrogen-bond donors (Lipinski definition) is 0. The summed E-state index contributed by atoms with van der Waals surface area (Å²) < 4.78 is 41.5. The lowest BCUT2D eigenvalue weighted by molar-refractivity contribution is -0.190. The summed E-state index contributed by atoms with van der Waals surface area (Å²) in [7, 11) is 0. The molecular weight excluding hydrogens is 387 g/mol. The number of alkyl halides is 3. The van der Waals surface area contributed by atoms with Crippen molar-refractivity contribution in [3.63, 3.8) is 0 Å². The van der Waals surface area contributed by atoms with Crippen LogP contribution in [0.25, 0.3) is 0 Å². The Labute approximate surface area is 177 Å². The summed E-state index contributed by atoms with van der Waals surface area (Å²) in [6.45, 7) is 7.01. The number of piperazine rings is 1. The van der Waals surface area contributed by atoms with Gasteiger partial charge in [0.15, 0.2) is 0 Å². The zero-order chi connectivity index (χ0) is 21.1. The number of hydrogen-bond acceptors (Lipinski definition) is 3. The van der Waals surface area contributed by atoms with E-state index < -0.39 is 12.2 Å². The van der Waals surface area contributed by atoms with Gasteiger partial charge in [-0.15, -0.1) is 0 Å². The molecule has 3 nitrogen and oxygen atoms in total. The van der Waals surface area contributed by atoms with Crippen LogP contribution in [0.3, 0.4) is 0 Å². The van der Waals surface area contributed by atoms with Gasteiger partial charge >= 0.3 is 6.18 Å². The summed E-state index contributed by atoms with van der Waals surface area (Å²) in [5.74, 6) is 0. The highest BCUT2D eigenvalue weighted by molar-refractivity contribution is 5.53. The van der Waals surface area contributed by atoms with Gasteiger partial charge in [0.05, 0.1) is 0 Å². The second kappa shape index (κ2) is 8.98. The number of rotatable bonds is 4. The van der Waals surface area contributed by atoms with E-state index in [-0.39, 0.29) is 0 Å². The van der Waals surface area contributed by atoms with Crippen molar-refractivity contribution >= 4 is 5.69 Å². The minimum Gasteiger partial charge on any atom is -0.369 e. The largest absolute Gasteiger partial charge is 0.408 e.